The first kappa shape index (κ1) is 15.0. The van der Waals surface area contributed by atoms with Crippen molar-refractivity contribution in [2.75, 3.05) is 13.6 Å². The number of benzene rings is 1. The zero-order valence-electron chi connectivity index (χ0n) is 14.3. The van der Waals surface area contributed by atoms with Gasteiger partial charge in [0, 0.05) is 11.6 Å². The van der Waals surface area contributed by atoms with Crippen molar-refractivity contribution >= 4 is 0 Å². The highest BCUT2D eigenvalue weighted by molar-refractivity contribution is 5.61. The SMILES string of the molecule is CC1=CCC2(O)C(C)N(C)CCC23c2c(C)ccc(O)c2OC13. The van der Waals surface area contributed by atoms with Crippen LogP contribution in [-0.2, 0) is 5.41 Å². The smallest absolute Gasteiger partial charge is 0.166 e. The second-order valence-corrected chi connectivity index (χ2v) is 7.56. The van der Waals surface area contributed by atoms with Crippen molar-refractivity contribution in [2.45, 2.75) is 56.8 Å². The fourth-order valence-corrected chi connectivity index (χ4v) is 5.15. The predicted molar refractivity (Wildman–Crippen MR) is 89.0 cm³/mol. The highest BCUT2D eigenvalue weighted by atomic mass is 16.5. The number of aromatic hydroxyl groups is 1. The van der Waals surface area contributed by atoms with Crippen LogP contribution in [0.3, 0.4) is 0 Å². The summed E-state index contributed by atoms with van der Waals surface area (Å²) >= 11 is 0. The minimum atomic E-state index is -0.895. The van der Waals surface area contributed by atoms with Gasteiger partial charge in [0.1, 0.15) is 6.10 Å². The molecule has 2 aliphatic heterocycles. The highest BCUT2D eigenvalue weighted by Crippen LogP contribution is 2.62. The van der Waals surface area contributed by atoms with E-state index in [4.69, 9.17) is 4.74 Å². The van der Waals surface area contributed by atoms with Crippen LogP contribution in [0, 0.1) is 6.92 Å². The van der Waals surface area contributed by atoms with E-state index < -0.39 is 11.0 Å². The zero-order chi connectivity index (χ0) is 16.6. The molecule has 1 aromatic carbocycles. The molecule has 1 aliphatic carbocycles. The molecule has 4 atom stereocenters. The predicted octanol–water partition coefficient (Wildman–Crippen LogP) is 2.50. The van der Waals surface area contributed by atoms with E-state index >= 15 is 0 Å². The van der Waals surface area contributed by atoms with Gasteiger partial charge in [0.15, 0.2) is 11.5 Å². The lowest BCUT2D eigenvalue weighted by atomic mass is 9.53. The molecule has 1 fully saturated rings. The van der Waals surface area contributed by atoms with E-state index in [0.29, 0.717) is 12.2 Å². The Hall–Kier alpha value is -1.52. The molecule has 0 amide bonds. The molecular weight excluding hydrogens is 290 g/mol. The van der Waals surface area contributed by atoms with E-state index in [9.17, 15) is 10.2 Å². The molecular formula is C19H25NO3. The summed E-state index contributed by atoms with van der Waals surface area (Å²) in [5.74, 6) is 0.746. The summed E-state index contributed by atoms with van der Waals surface area (Å²) in [5.41, 5.74) is 1.88. The molecule has 1 aromatic rings. The van der Waals surface area contributed by atoms with Gasteiger partial charge in [0.05, 0.1) is 11.0 Å². The Morgan fingerprint density at radius 3 is 2.78 bits per heavy atom. The van der Waals surface area contributed by atoms with Crippen molar-refractivity contribution in [3.63, 3.8) is 0 Å². The monoisotopic (exact) mass is 315 g/mol. The van der Waals surface area contributed by atoms with Crippen LogP contribution in [0.4, 0.5) is 0 Å². The molecule has 2 N–H and O–H groups in total. The van der Waals surface area contributed by atoms with Crippen LogP contribution in [0.25, 0.3) is 0 Å². The van der Waals surface area contributed by atoms with Crippen LogP contribution in [-0.4, -0.2) is 46.5 Å². The lowest BCUT2D eigenvalue weighted by Crippen LogP contribution is -2.71. The summed E-state index contributed by atoms with van der Waals surface area (Å²) in [6.07, 6.45) is 3.37. The Bertz CT molecular complexity index is 713. The molecule has 0 saturated carbocycles. The van der Waals surface area contributed by atoms with Gasteiger partial charge in [-0.05, 0) is 64.4 Å². The second kappa shape index (κ2) is 4.52. The summed E-state index contributed by atoms with van der Waals surface area (Å²) in [7, 11) is 2.07. The number of fused-ring (bicyclic) bond motifs is 1. The van der Waals surface area contributed by atoms with Crippen molar-refractivity contribution in [1.82, 2.24) is 4.90 Å². The average Bonchev–Trinajstić information content (AvgIpc) is 2.89. The number of hydrogen-bond donors (Lipinski definition) is 2. The molecule has 4 rings (SSSR count). The number of aryl methyl sites for hydroxylation is 1. The van der Waals surface area contributed by atoms with Crippen LogP contribution >= 0.6 is 0 Å². The molecule has 4 nitrogen and oxygen atoms in total. The summed E-state index contributed by atoms with van der Waals surface area (Å²) in [4.78, 5) is 2.23. The fourth-order valence-electron chi connectivity index (χ4n) is 5.15. The van der Waals surface area contributed by atoms with Crippen LogP contribution in [0.1, 0.15) is 37.8 Å². The van der Waals surface area contributed by atoms with Gasteiger partial charge >= 0.3 is 0 Å². The first-order chi connectivity index (χ1) is 10.8. The topological polar surface area (TPSA) is 52.9 Å². The maximum Gasteiger partial charge on any atom is 0.166 e. The van der Waals surface area contributed by atoms with Gasteiger partial charge in [0.2, 0.25) is 0 Å². The Morgan fingerprint density at radius 2 is 2.04 bits per heavy atom. The summed E-state index contributed by atoms with van der Waals surface area (Å²) in [6.45, 7) is 7.14. The van der Waals surface area contributed by atoms with E-state index in [0.717, 1.165) is 29.7 Å². The molecule has 0 aromatic heterocycles. The van der Waals surface area contributed by atoms with Crippen LogP contribution in [0.5, 0.6) is 11.5 Å². The summed E-state index contributed by atoms with van der Waals surface area (Å²) < 4.78 is 6.25. The third-order valence-electron chi connectivity index (χ3n) is 6.61. The minimum Gasteiger partial charge on any atom is -0.504 e. The number of phenols is 1. The van der Waals surface area contributed by atoms with Crippen LogP contribution in [0.2, 0.25) is 0 Å². The van der Waals surface area contributed by atoms with Crippen molar-refractivity contribution < 1.29 is 14.9 Å². The van der Waals surface area contributed by atoms with E-state index in [-0.39, 0.29) is 17.9 Å². The number of nitrogens with zero attached hydrogens (tertiary/aromatic N) is 1. The van der Waals surface area contributed by atoms with Crippen molar-refractivity contribution in [3.05, 3.63) is 34.9 Å². The first-order valence-corrected chi connectivity index (χ1v) is 8.42. The molecule has 124 valence electrons. The fraction of sp³-hybridized carbons (Fsp3) is 0.579. The third-order valence-corrected chi connectivity index (χ3v) is 6.61. The minimum absolute atomic E-state index is 0.0272. The standard InChI is InChI=1S/C19H25NO3/c1-11-5-6-14(21)16-15(11)18-9-10-20(4)13(3)19(18,22)8-7-12(2)17(18)23-16/h5-7,13,17,21-22H,8-10H2,1-4H3. The Kier molecular flexibility index (Phi) is 2.95. The number of likely N-dealkylation sites (tertiary alicyclic amines) is 1. The van der Waals surface area contributed by atoms with Gasteiger partial charge in [-0.25, -0.2) is 0 Å². The van der Waals surface area contributed by atoms with Crippen molar-refractivity contribution in [2.24, 2.45) is 0 Å². The molecule has 4 unspecified atom stereocenters. The Morgan fingerprint density at radius 1 is 1.30 bits per heavy atom. The Labute approximate surface area is 137 Å². The summed E-state index contributed by atoms with van der Waals surface area (Å²) in [5, 5.41) is 22.2. The van der Waals surface area contributed by atoms with E-state index in [1.54, 1.807) is 6.07 Å². The maximum atomic E-state index is 11.8. The van der Waals surface area contributed by atoms with Gasteiger partial charge < -0.3 is 19.8 Å². The second-order valence-electron chi connectivity index (χ2n) is 7.56. The number of likely N-dealkylation sites (N-methyl/N-ethyl adjacent to an activating group) is 1. The van der Waals surface area contributed by atoms with Gasteiger partial charge in [-0.2, -0.15) is 0 Å². The molecule has 4 heteroatoms. The normalized spacial score (nSPS) is 39.1. The average molecular weight is 315 g/mol. The van der Waals surface area contributed by atoms with Crippen LogP contribution in [0.15, 0.2) is 23.8 Å². The van der Waals surface area contributed by atoms with Gasteiger partial charge in [-0.3, -0.25) is 0 Å². The number of phenolic OH excluding ortho intramolecular Hbond substituents is 1. The van der Waals surface area contributed by atoms with Crippen molar-refractivity contribution in [3.8, 4) is 11.5 Å². The lowest BCUT2D eigenvalue weighted by Gasteiger charge is -2.58. The summed E-state index contributed by atoms with van der Waals surface area (Å²) in [6, 6.07) is 3.66. The molecule has 3 aliphatic rings. The maximum absolute atomic E-state index is 11.8. The molecule has 23 heavy (non-hydrogen) atoms. The number of hydrogen-bond acceptors (Lipinski definition) is 4. The first-order valence-electron chi connectivity index (χ1n) is 8.42. The van der Waals surface area contributed by atoms with Gasteiger partial charge in [-0.1, -0.05) is 12.1 Å². The van der Waals surface area contributed by atoms with Crippen LogP contribution < -0.4 is 4.74 Å². The molecule has 1 spiro atoms. The largest absolute Gasteiger partial charge is 0.504 e. The quantitative estimate of drug-likeness (QED) is 0.722. The number of rotatable bonds is 0. The number of aliphatic hydroxyl groups is 1. The molecule has 0 bridgehead atoms. The Balaban J connectivity index is 2.04. The molecule has 1 saturated heterocycles. The van der Waals surface area contributed by atoms with Crippen molar-refractivity contribution in [1.29, 1.82) is 0 Å². The van der Waals surface area contributed by atoms with E-state index in [1.807, 2.05) is 6.07 Å². The lowest BCUT2D eigenvalue weighted by molar-refractivity contribution is -0.146. The molecule has 0 radical (unpaired) electrons. The molecule has 2 heterocycles. The third kappa shape index (κ3) is 1.58. The number of piperidine rings is 1. The van der Waals surface area contributed by atoms with Gasteiger partial charge in [0.25, 0.3) is 0 Å². The number of ether oxygens (including phenoxy) is 1. The van der Waals surface area contributed by atoms with Gasteiger partial charge in [-0.15, -0.1) is 0 Å². The van der Waals surface area contributed by atoms with E-state index in [1.165, 1.54) is 0 Å². The highest BCUT2D eigenvalue weighted by Gasteiger charge is 2.67. The zero-order valence-corrected chi connectivity index (χ0v) is 14.3. The van der Waals surface area contributed by atoms with E-state index in [2.05, 4.69) is 38.8 Å².